The molecular formula is C22H28Cl2N8Os. The van der Waals surface area contributed by atoms with Crippen LogP contribution in [0.3, 0.4) is 0 Å². The number of hydrogen-bond acceptors (Lipinski definition) is 6. The number of unbranched alkanes of at least 4 members (excludes halogenated alkanes) is 2. The summed E-state index contributed by atoms with van der Waals surface area (Å²) >= 11 is -0.639. The van der Waals surface area contributed by atoms with Gasteiger partial charge in [0.2, 0.25) is 0 Å². The van der Waals surface area contributed by atoms with Gasteiger partial charge in [-0.15, -0.1) is 10.2 Å². The van der Waals surface area contributed by atoms with Crippen molar-refractivity contribution in [3.05, 3.63) is 61.2 Å². The van der Waals surface area contributed by atoms with Gasteiger partial charge in [0.1, 0.15) is 11.4 Å². The first-order valence-corrected chi connectivity index (χ1v) is 17.0. The van der Waals surface area contributed by atoms with E-state index in [0.717, 1.165) is 48.7 Å². The Morgan fingerprint density at radius 3 is 1.45 bits per heavy atom. The number of pyridine rings is 2. The van der Waals surface area contributed by atoms with Crippen LogP contribution in [0.1, 0.15) is 39.5 Å². The van der Waals surface area contributed by atoms with Crippen LogP contribution < -0.4 is 0 Å². The molecule has 0 aliphatic heterocycles. The minimum atomic E-state index is -0.639. The van der Waals surface area contributed by atoms with Crippen molar-refractivity contribution in [1.29, 1.82) is 0 Å². The van der Waals surface area contributed by atoms with Gasteiger partial charge in [0, 0.05) is 25.5 Å². The molecule has 0 bridgehead atoms. The molecular weight excluding hydrogens is 637 g/mol. The molecule has 0 aliphatic carbocycles. The monoisotopic (exact) mass is 666 g/mol. The van der Waals surface area contributed by atoms with E-state index < -0.39 is 15.4 Å². The first kappa shape index (κ1) is 27.0. The van der Waals surface area contributed by atoms with Crippen LogP contribution in [0, 0.1) is 0 Å². The van der Waals surface area contributed by atoms with Gasteiger partial charge >= 0.3 is 34.7 Å². The van der Waals surface area contributed by atoms with Gasteiger partial charge in [-0.1, -0.05) is 49.2 Å². The molecule has 4 aromatic heterocycles. The summed E-state index contributed by atoms with van der Waals surface area (Å²) < 4.78 is 3.74. The first-order valence-electron chi connectivity index (χ1n) is 10.7. The van der Waals surface area contributed by atoms with Gasteiger partial charge in [-0.05, 0) is 37.1 Å². The molecule has 4 heterocycles. The van der Waals surface area contributed by atoms with E-state index in [0.29, 0.717) is 0 Å². The zero-order valence-electron chi connectivity index (χ0n) is 18.7. The van der Waals surface area contributed by atoms with Crippen molar-refractivity contribution in [2.45, 2.75) is 52.6 Å². The Bertz CT molecular complexity index is 930. The molecule has 0 aromatic carbocycles. The van der Waals surface area contributed by atoms with Crippen LogP contribution in [0.4, 0.5) is 0 Å². The molecule has 0 saturated carbocycles. The van der Waals surface area contributed by atoms with E-state index >= 15 is 0 Å². The minimum absolute atomic E-state index is 0.639. The Morgan fingerprint density at radius 2 is 1.12 bits per heavy atom. The fraction of sp³-hybridized carbons (Fsp3) is 0.364. The van der Waals surface area contributed by atoms with Crippen LogP contribution in [-0.4, -0.2) is 40.0 Å². The number of aromatic nitrogens is 8. The number of nitrogens with zero attached hydrogens (tertiary/aromatic N) is 8. The van der Waals surface area contributed by atoms with Crippen molar-refractivity contribution in [1.82, 2.24) is 40.0 Å². The summed E-state index contributed by atoms with van der Waals surface area (Å²) in [6.45, 7) is 6.18. The van der Waals surface area contributed by atoms with Gasteiger partial charge in [-0.3, -0.25) is 19.3 Å². The van der Waals surface area contributed by atoms with Crippen molar-refractivity contribution in [2.75, 3.05) is 0 Å². The topological polar surface area (TPSA) is 87.2 Å². The zero-order chi connectivity index (χ0) is 23.7. The van der Waals surface area contributed by atoms with Gasteiger partial charge in [-0.2, -0.15) is 0 Å². The van der Waals surface area contributed by atoms with E-state index in [4.69, 9.17) is 19.3 Å². The molecule has 0 spiro atoms. The van der Waals surface area contributed by atoms with Crippen LogP contribution in [0.25, 0.3) is 22.8 Å². The summed E-state index contributed by atoms with van der Waals surface area (Å²) in [5.74, 6) is 0. The molecule has 0 saturated heterocycles. The average molecular weight is 666 g/mol. The van der Waals surface area contributed by atoms with Crippen LogP contribution in [0.15, 0.2) is 61.2 Å². The Morgan fingerprint density at radius 1 is 0.697 bits per heavy atom. The van der Waals surface area contributed by atoms with Crippen LogP contribution in [0.2, 0.25) is 0 Å². The molecule has 4 rings (SSSR count). The first-order chi connectivity index (χ1) is 16.2. The van der Waals surface area contributed by atoms with Gasteiger partial charge in [0.15, 0.2) is 0 Å². The van der Waals surface area contributed by atoms with Crippen molar-refractivity contribution < 1.29 is 15.4 Å². The molecule has 0 unspecified atom stereocenters. The molecule has 0 fully saturated rings. The third-order valence-electron chi connectivity index (χ3n) is 4.41. The van der Waals surface area contributed by atoms with E-state index in [2.05, 4.69) is 44.4 Å². The molecule has 0 atom stereocenters. The fourth-order valence-corrected chi connectivity index (χ4v) is 2.72. The molecule has 8 nitrogen and oxygen atoms in total. The maximum atomic E-state index is 4.90. The zero-order valence-corrected chi connectivity index (χ0v) is 22.8. The summed E-state index contributed by atoms with van der Waals surface area (Å²) in [5.41, 5.74) is 3.43. The number of halogens is 2. The molecule has 33 heavy (non-hydrogen) atoms. The van der Waals surface area contributed by atoms with E-state index in [1.165, 1.54) is 12.8 Å². The summed E-state index contributed by atoms with van der Waals surface area (Å²) in [7, 11) is 9.81. The number of aryl methyl sites for hydroxylation is 2. The number of hydrogen-bond donors (Lipinski definition) is 0. The molecule has 11 heteroatoms. The average Bonchev–Trinajstić information content (AvgIpc) is 3.54. The van der Waals surface area contributed by atoms with E-state index in [9.17, 15) is 0 Å². The van der Waals surface area contributed by atoms with E-state index in [1.807, 2.05) is 58.2 Å². The van der Waals surface area contributed by atoms with Crippen molar-refractivity contribution in [3.63, 3.8) is 0 Å². The molecule has 0 aliphatic rings. The third-order valence-corrected chi connectivity index (χ3v) is 4.41. The second-order valence-corrected chi connectivity index (χ2v) is 10.6. The summed E-state index contributed by atoms with van der Waals surface area (Å²) in [5, 5.41) is 16.3. The van der Waals surface area contributed by atoms with E-state index in [1.54, 1.807) is 12.4 Å². The predicted octanol–water partition coefficient (Wildman–Crippen LogP) is 5.66. The fourth-order valence-electron chi connectivity index (χ4n) is 2.72. The van der Waals surface area contributed by atoms with Crippen molar-refractivity contribution >= 4 is 19.3 Å². The summed E-state index contributed by atoms with van der Waals surface area (Å²) in [6.07, 6.45) is 12.0. The Labute approximate surface area is 210 Å². The summed E-state index contributed by atoms with van der Waals surface area (Å²) in [4.78, 5) is 8.45. The molecule has 178 valence electrons. The second kappa shape index (κ2) is 16.4. The second-order valence-electron chi connectivity index (χ2n) is 6.92. The van der Waals surface area contributed by atoms with Crippen LogP contribution >= 0.6 is 19.3 Å². The van der Waals surface area contributed by atoms with Gasteiger partial charge in [0.05, 0.1) is 23.8 Å². The number of rotatable bonds is 8. The van der Waals surface area contributed by atoms with Gasteiger partial charge in [-0.25, -0.2) is 0 Å². The van der Waals surface area contributed by atoms with E-state index in [-0.39, 0.29) is 0 Å². The molecule has 0 amide bonds. The SMILES string of the molecule is CCCCn1cc(-c2ccccn2)nn1.CCCCn1cc(-c2ccccn2)nn1.[Cl][Os][Cl]. The van der Waals surface area contributed by atoms with Crippen molar-refractivity contribution in [3.8, 4) is 22.8 Å². The molecule has 0 radical (unpaired) electrons. The van der Waals surface area contributed by atoms with Gasteiger partial charge < -0.3 is 0 Å². The quantitative estimate of drug-likeness (QED) is 0.242. The molecule has 0 N–H and O–H groups in total. The normalized spacial score (nSPS) is 10.2. The summed E-state index contributed by atoms with van der Waals surface area (Å²) in [6, 6.07) is 11.6. The Balaban J connectivity index is 0.000000209. The van der Waals surface area contributed by atoms with Crippen LogP contribution in [-0.2, 0) is 28.5 Å². The Kier molecular flexibility index (Phi) is 13.5. The third kappa shape index (κ3) is 10.1. The standard InChI is InChI=1S/2C11H14N4.2ClH.Os/c2*1-2-3-8-15-9-11(13-14-15)10-6-4-5-7-12-10;;;/h2*4-7,9H,2-3,8H2,1H3;2*1H;/q;;;;+2/p-2. The predicted molar refractivity (Wildman–Crippen MR) is 128 cm³/mol. The van der Waals surface area contributed by atoms with Crippen molar-refractivity contribution in [2.24, 2.45) is 0 Å². The van der Waals surface area contributed by atoms with Gasteiger partial charge in [0.25, 0.3) is 0 Å². The van der Waals surface area contributed by atoms with Crippen LogP contribution in [0.5, 0.6) is 0 Å². The Hall–Kier alpha value is -2.20. The molecule has 4 aromatic rings. The maximum absolute atomic E-state index is 4.90.